The van der Waals surface area contributed by atoms with Gasteiger partial charge in [-0.1, -0.05) is 26.0 Å². The number of sulfonamides is 1. The topological polar surface area (TPSA) is 105 Å². The molecule has 29 heavy (non-hydrogen) atoms. The van der Waals surface area contributed by atoms with E-state index in [1.165, 1.54) is 0 Å². The van der Waals surface area contributed by atoms with Crippen molar-refractivity contribution in [3.8, 4) is 0 Å². The smallest absolute Gasteiger partial charge is 0.249 e. The van der Waals surface area contributed by atoms with E-state index >= 15 is 0 Å². The summed E-state index contributed by atoms with van der Waals surface area (Å²) in [4.78, 5) is 14.3. The minimum atomic E-state index is -3.40. The fourth-order valence-corrected chi connectivity index (χ4v) is 5.47. The predicted octanol–water partition coefficient (Wildman–Crippen LogP) is 1.52. The lowest BCUT2D eigenvalue weighted by molar-refractivity contribution is -0.168. The molecule has 3 rings (SSSR count). The Kier molecular flexibility index (Phi) is 7.15. The zero-order valence-corrected chi connectivity index (χ0v) is 17.7. The summed E-state index contributed by atoms with van der Waals surface area (Å²) in [5.74, 6) is -0.0402. The van der Waals surface area contributed by atoms with Crippen molar-refractivity contribution in [3.63, 3.8) is 0 Å². The molecule has 0 aliphatic carbocycles. The standard InChI is InChI=1S/C20H30N2O6S/c1-14(2)13-29(25,26)21-16-5-3-15(4-6-16)20-18(11-23)22(19(24)12-28-20)17-7-9-27-10-8-17/h3-6,14,17-18,20-21,23H,7-13H2,1-2H3/t18-,20-/m1/s1. The Bertz CT molecular complexity index is 790. The molecule has 2 saturated heterocycles. The van der Waals surface area contributed by atoms with E-state index < -0.39 is 22.2 Å². The molecule has 0 radical (unpaired) electrons. The lowest BCUT2D eigenvalue weighted by Gasteiger charge is -2.45. The highest BCUT2D eigenvalue weighted by Gasteiger charge is 2.41. The summed E-state index contributed by atoms with van der Waals surface area (Å²) < 4.78 is 38.0. The number of nitrogens with one attached hydrogen (secondary N) is 1. The number of benzene rings is 1. The van der Waals surface area contributed by atoms with Crippen LogP contribution in [0, 0.1) is 5.92 Å². The molecule has 0 unspecified atom stereocenters. The second-order valence-electron chi connectivity index (χ2n) is 8.03. The first kappa shape index (κ1) is 22.0. The van der Waals surface area contributed by atoms with Crippen molar-refractivity contribution in [2.75, 3.05) is 36.9 Å². The molecule has 8 nitrogen and oxygen atoms in total. The van der Waals surface area contributed by atoms with Gasteiger partial charge in [0.2, 0.25) is 15.9 Å². The molecule has 0 spiro atoms. The van der Waals surface area contributed by atoms with Crippen molar-refractivity contribution in [2.24, 2.45) is 5.92 Å². The van der Waals surface area contributed by atoms with Gasteiger partial charge in [-0.05, 0) is 36.5 Å². The molecule has 1 amide bonds. The molecular formula is C20H30N2O6S. The molecule has 0 aromatic heterocycles. The van der Waals surface area contributed by atoms with Crippen LogP contribution >= 0.6 is 0 Å². The number of hydrogen-bond donors (Lipinski definition) is 2. The van der Waals surface area contributed by atoms with Crippen LogP contribution in [0.15, 0.2) is 24.3 Å². The number of aliphatic hydroxyl groups excluding tert-OH is 1. The summed E-state index contributed by atoms with van der Waals surface area (Å²) in [6.45, 7) is 4.65. The van der Waals surface area contributed by atoms with Crippen LogP contribution in [0.3, 0.4) is 0 Å². The molecule has 2 aliphatic heterocycles. The number of carbonyl (C=O) groups is 1. The number of nitrogens with zero attached hydrogens (tertiary/aromatic N) is 1. The van der Waals surface area contributed by atoms with E-state index in [1.807, 2.05) is 13.8 Å². The highest BCUT2D eigenvalue weighted by atomic mass is 32.2. The Hall–Kier alpha value is -1.68. The Morgan fingerprint density at radius 2 is 1.86 bits per heavy atom. The van der Waals surface area contributed by atoms with Crippen LogP contribution in [-0.2, 0) is 24.3 Å². The zero-order chi connectivity index (χ0) is 21.0. The molecular weight excluding hydrogens is 396 g/mol. The van der Waals surface area contributed by atoms with Crippen LogP contribution in [0.1, 0.15) is 38.4 Å². The number of aliphatic hydroxyl groups is 1. The van der Waals surface area contributed by atoms with Crippen LogP contribution in [0.25, 0.3) is 0 Å². The molecule has 2 N–H and O–H groups in total. The summed E-state index contributed by atoms with van der Waals surface area (Å²) in [6.07, 6.45) is 1.01. The first-order valence-corrected chi connectivity index (χ1v) is 11.7. The summed E-state index contributed by atoms with van der Waals surface area (Å²) in [7, 11) is -3.40. The monoisotopic (exact) mass is 426 g/mol. The number of hydrogen-bond acceptors (Lipinski definition) is 6. The Morgan fingerprint density at radius 1 is 1.21 bits per heavy atom. The highest BCUT2D eigenvalue weighted by molar-refractivity contribution is 7.92. The van der Waals surface area contributed by atoms with Crippen molar-refractivity contribution in [1.29, 1.82) is 0 Å². The average molecular weight is 427 g/mol. The summed E-state index contributed by atoms with van der Waals surface area (Å²) in [5, 5.41) is 10.0. The van der Waals surface area contributed by atoms with Gasteiger partial charge in [0.25, 0.3) is 0 Å². The van der Waals surface area contributed by atoms with E-state index in [9.17, 15) is 18.3 Å². The number of anilines is 1. The number of amides is 1. The molecule has 1 aromatic carbocycles. The number of morpholine rings is 1. The van der Waals surface area contributed by atoms with E-state index in [0.29, 0.717) is 18.9 Å². The minimum Gasteiger partial charge on any atom is -0.394 e. The predicted molar refractivity (Wildman–Crippen MR) is 109 cm³/mol. The first-order chi connectivity index (χ1) is 13.8. The minimum absolute atomic E-state index is 0.0291. The Labute approximate surface area is 172 Å². The molecule has 0 bridgehead atoms. The third-order valence-electron chi connectivity index (χ3n) is 5.22. The lowest BCUT2D eigenvalue weighted by atomic mass is 9.95. The summed E-state index contributed by atoms with van der Waals surface area (Å²) >= 11 is 0. The van der Waals surface area contributed by atoms with E-state index in [1.54, 1.807) is 29.2 Å². The quantitative estimate of drug-likeness (QED) is 0.685. The van der Waals surface area contributed by atoms with Gasteiger partial charge >= 0.3 is 0 Å². The van der Waals surface area contributed by atoms with Crippen molar-refractivity contribution in [3.05, 3.63) is 29.8 Å². The normalized spacial score (nSPS) is 24.1. The van der Waals surface area contributed by atoms with Gasteiger partial charge < -0.3 is 19.5 Å². The van der Waals surface area contributed by atoms with E-state index in [4.69, 9.17) is 9.47 Å². The largest absolute Gasteiger partial charge is 0.394 e. The van der Waals surface area contributed by atoms with E-state index in [0.717, 1.165) is 18.4 Å². The molecule has 0 saturated carbocycles. The fraction of sp³-hybridized carbons (Fsp3) is 0.650. The third-order valence-corrected chi connectivity index (χ3v) is 6.87. The number of rotatable bonds is 7. The van der Waals surface area contributed by atoms with Crippen LogP contribution in [-0.4, -0.2) is 68.6 Å². The second kappa shape index (κ2) is 9.42. The molecule has 162 valence electrons. The SMILES string of the molecule is CC(C)CS(=O)(=O)Nc1ccc([C@H]2OCC(=O)N(C3CCOCC3)[C@@H]2CO)cc1. The van der Waals surface area contributed by atoms with Crippen LogP contribution in [0.4, 0.5) is 5.69 Å². The van der Waals surface area contributed by atoms with Crippen LogP contribution in [0.5, 0.6) is 0 Å². The van der Waals surface area contributed by atoms with Gasteiger partial charge in [0.1, 0.15) is 12.7 Å². The lowest BCUT2D eigenvalue weighted by Crippen LogP contribution is -2.57. The maximum atomic E-state index is 12.5. The second-order valence-corrected chi connectivity index (χ2v) is 9.79. The molecule has 1 aromatic rings. The molecule has 2 heterocycles. The van der Waals surface area contributed by atoms with Crippen LogP contribution in [0.2, 0.25) is 0 Å². The van der Waals surface area contributed by atoms with E-state index in [2.05, 4.69) is 4.72 Å². The Balaban J connectivity index is 1.75. The van der Waals surface area contributed by atoms with Gasteiger partial charge in [0.05, 0.1) is 18.4 Å². The maximum Gasteiger partial charge on any atom is 0.249 e. The van der Waals surface area contributed by atoms with Crippen molar-refractivity contribution >= 4 is 21.6 Å². The molecule has 2 fully saturated rings. The number of carbonyl (C=O) groups excluding carboxylic acids is 1. The molecule has 2 atom stereocenters. The molecule has 2 aliphatic rings. The van der Waals surface area contributed by atoms with Gasteiger partial charge in [0.15, 0.2) is 0 Å². The van der Waals surface area contributed by atoms with Crippen molar-refractivity contribution in [2.45, 2.75) is 44.9 Å². The zero-order valence-electron chi connectivity index (χ0n) is 16.9. The molecule has 9 heteroatoms. The average Bonchev–Trinajstić information content (AvgIpc) is 2.67. The summed E-state index contributed by atoms with van der Waals surface area (Å²) in [5.41, 5.74) is 1.27. The van der Waals surface area contributed by atoms with Gasteiger partial charge in [-0.2, -0.15) is 0 Å². The van der Waals surface area contributed by atoms with Gasteiger partial charge in [-0.25, -0.2) is 8.42 Å². The van der Waals surface area contributed by atoms with Gasteiger partial charge in [-0.3, -0.25) is 9.52 Å². The Morgan fingerprint density at radius 3 is 2.45 bits per heavy atom. The van der Waals surface area contributed by atoms with Crippen molar-refractivity contribution < 1.29 is 27.8 Å². The third kappa shape index (κ3) is 5.48. The number of ether oxygens (including phenoxy) is 2. The van der Waals surface area contributed by atoms with E-state index in [-0.39, 0.29) is 36.8 Å². The highest BCUT2D eigenvalue weighted by Crippen LogP contribution is 2.33. The first-order valence-electron chi connectivity index (χ1n) is 10.0. The van der Waals surface area contributed by atoms with Gasteiger partial charge in [-0.15, -0.1) is 0 Å². The fourth-order valence-electron chi connectivity index (χ4n) is 4.02. The summed E-state index contributed by atoms with van der Waals surface area (Å²) in [6, 6.07) is 6.46. The van der Waals surface area contributed by atoms with Crippen LogP contribution < -0.4 is 4.72 Å². The van der Waals surface area contributed by atoms with Crippen molar-refractivity contribution in [1.82, 2.24) is 4.90 Å². The van der Waals surface area contributed by atoms with Gasteiger partial charge in [0, 0.05) is 24.9 Å². The maximum absolute atomic E-state index is 12.5.